The first-order valence-electron chi connectivity index (χ1n) is 4.84. The van der Waals surface area contributed by atoms with Gasteiger partial charge < -0.3 is 10.0 Å². The molecule has 1 heterocycles. The highest BCUT2D eigenvalue weighted by atomic mass is 16.3. The largest absolute Gasteiger partial charge is 0.506 e. The molecular weight excluding hydrogens is 190 g/mol. The van der Waals surface area contributed by atoms with Gasteiger partial charge in [-0.15, -0.1) is 0 Å². The Morgan fingerprint density at radius 3 is 2.93 bits per heavy atom. The van der Waals surface area contributed by atoms with E-state index in [4.69, 9.17) is 0 Å². The molecule has 1 N–H and O–H groups in total. The maximum Gasteiger partial charge on any atom is 0.141 e. The highest BCUT2D eigenvalue weighted by molar-refractivity contribution is 5.86. The molecule has 0 saturated heterocycles. The van der Waals surface area contributed by atoms with Crippen molar-refractivity contribution < 1.29 is 5.11 Å². The molecule has 4 nitrogen and oxygen atoms in total. The molecule has 0 saturated carbocycles. The molecule has 0 atom stereocenters. The zero-order chi connectivity index (χ0) is 10.7. The van der Waals surface area contributed by atoms with Crippen LogP contribution >= 0.6 is 0 Å². The van der Waals surface area contributed by atoms with Crippen molar-refractivity contribution in [3.8, 4) is 5.75 Å². The zero-order valence-corrected chi connectivity index (χ0v) is 8.59. The molecule has 0 bridgehead atoms. The van der Waals surface area contributed by atoms with E-state index in [9.17, 15) is 5.11 Å². The highest BCUT2D eigenvalue weighted by Gasteiger charge is 2.09. The van der Waals surface area contributed by atoms with Gasteiger partial charge in [-0.1, -0.05) is 12.1 Å². The molecule has 4 heteroatoms. The van der Waals surface area contributed by atoms with Crippen molar-refractivity contribution in [3.05, 3.63) is 24.3 Å². The summed E-state index contributed by atoms with van der Waals surface area (Å²) < 4.78 is 0. The van der Waals surface area contributed by atoms with Crippen LogP contribution in [-0.2, 0) is 0 Å². The van der Waals surface area contributed by atoms with Crippen molar-refractivity contribution in [2.45, 2.75) is 6.92 Å². The van der Waals surface area contributed by atoms with Crippen LogP contribution in [0.4, 0.5) is 5.69 Å². The Labute approximate surface area is 88.6 Å². The summed E-state index contributed by atoms with van der Waals surface area (Å²) in [4.78, 5) is 10.5. The Morgan fingerprint density at radius 2 is 2.27 bits per heavy atom. The minimum absolute atomic E-state index is 0.206. The standard InChI is InChI=1S/C11H13N3O/c1-9(14-7-6-12-8-14)13-10-4-2-3-5-11(10)15/h2-6,15H,7-8H2,1H3. The summed E-state index contributed by atoms with van der Waals surface area (Å²) in [6.07, 6.45) is 1.86. The molecule has 15 heavy (non-hydrogen) atoms. The summed E-state index contributed by atoms with van der Waals surface area (Å²) in [6, 6.07) is 7.05. The molecule has 0 aromatic heterocycles. The Kier molecular flexibility index (Phi) is 2.67. The van der Waals surface area contributed by atoms with Gasteiger partial charge >= 0.3 is 0 Å². The van der Waals surface area contributed by atoms with Gasteiger partial charge in [-0.2, -0.15) is 0 Å². The number of amidine groups is 1. The van der Waals surface area contributed by atoms with Gasteiger partial charge in [0.15, 0.2) is 0 Å². The van der Waals surface area contributed by atoms with Crippen molar-refractivity contribution in [1.29, 1.82) is 0 Å². The molecule has 0 amide bonds. The molecule has 1 aromatic carbocycles. The number of hydrogen-bond acceptors (Lipinski definition) is 3. The van der Waals surface area contributed by atoms with Gasteiger partial charge in [0.1, 0.15) is 23.9 Å². The van der Waals surface area contributed by atoms with Gasteiger partial charge in [0, 0.05) is 6.21 Å². The molecule has 1 aromatic rings. The van der Waals surface area contributed by atoms with E-state index in [1.54, 1.807) is 18.2 Å². The number of nitrogens with zero attached hydrogens (tertiary/aromatic N) is 3. The minimum atomic E-state index is 0.206. The van der Waals surface area contributed by atoms with Crippen molar-refractivity contribution in [2.75, 3.05) is 13.2 Å². The summed E-state index contributed by atoms with van der Waals surface area (Å²) in [5.41, 5.74) is 0.599. The SMILES string of the molecule is CC(=Nc1ccccc1O)N1CC=NC1. The van der Waals surface area contributed by atoms with Crippen LogP contribution in [0.3, 0.4) is 0 Å². The average Bonchev–Trinajstić information content (AvgIpc) is 2.74. The fourth-order valence-electron chi connectivity index (χ4n) is 1.41. The Hall–Kier alpha value is -1.84. The van der Waals surface area contributed by atoms with E-state index in [0.29, 0.717) is 12.4 Å². The van der Waals surface area contributed by atoms with Gasteiger partial charge in [-0.25, -0.2) is 4.99 Å². The lowest BCUT2D eigenvalue weighted by Gasteiger charge is -2.15. The molecule has 0 fully saturated rings. The predicted molar refractivity (Wildman–Crippen MR) is 60.9 cm³/mol. The minimum Gasteiger partial charge on any atom is -0.506 e. The molecular formula is C11H13N3O. The van der Waals surface area contributed by atoms with Crippen LogP contribution in [0, 0.1) is 0 Å². The van der Waals surface area contributed by atoms with Crippen LogP contribution in [0.25, 0.3) is 0 Å². The van der Waals surface area contributed by atoms with Crippen molar-refractivity contribution in [3.63, 3.8) is 0 Å². The molecule has 2 rings (SSSR count). The van der Waals surface area contributed by atoms with Crippen LogP contribution in [0.2, 0.25) is 0 Å². The quantitative estimate of drug-likeness (QED) is 0.558. The normalized spacial score (nSPS) is 16.1. The lowest BCUT2D eigenvalue weighted by atomic mass is 10.3. The van der Waals surface area contributed by atoms with Gasteiger partial charge in [0.05, 0.1) is 6.54 Å². The smallest absolute Gasteiger partial charge is 0.141 e. The van der Waals surface area contributed by atoms with Gasteiger partial charge in [-0.3, -0.25) is 4.99 Å². The van der Waals surface area contributed by atoms with Crippen LogP contribution in [0.15, 0.2) is 34.3 Å². The van der Waals surface area contributed by atoms with E-state index >= 15 is 0 Å². The second kappa shape index (κ2) is 4.13. The lowest BCUT2D eigenvalue weighted by Crippen LogP contribution is -2.26. The summed E-state index contributed by atoms with van der Waals surface area (Å²) in [7, 11) is 0. The number of phenolic OH excluding ortho intramolecular Hbond substituents is 1. The number of hydrogen-bond donors (Lipinski definition) is 1. The first-order valence-corrected chi connectivity index (χ1v) is 4.84. The maximum atomic E-state index is 9.55. The Bertz CT molecular complexity index is 404. The van der Waals surface area contributed by atoms with Crippen molar-refractivity contribution >= 4 is 17.7 Å². The predicted octanol–water partition coefficient (Wildman–Crippen LogP) is 1.79. The zero-order valence-electron chi connectivity index (χ0n) is 8.59. The van der Waals surface area contributed by atoms with E-state index in [1.165, 1.54) is 0 Å². The van der Waals surface area contributed by atoms with Crippen LogP contribution < -0.4 is 0 Å². The number of rotatable bonds is 1. The lowest BCUT2D eigenvalue weighted by molar-refractivity contribution is 0.476. The maximum absolute atomic E-state index is 9.55. The monoisotopic (exact) mass is 203 g/mol. The number of benzene rings is 1. The summed E-state index contributed by atoms with van der Waals surface area (Å²) in [5, 5.41) is 9.55. The fraction of sp³-hybridized carbons (Fsp3) is 0.273. The number of aromatic hydroxyl groups is 1. The number of phenols is 1. The number of para-hydroxylation sites is 2. The fourth-order valence-corrected chi connectivity index (χ4v) is 1.41. The Balaban J connectivity index is 2.19. The van der Waals surface area contributed by atoms with Crippen LogP contribution in [0.5, 0.6) is 5.75 Å². The van der Waals surface area contributed by atoms with Crippen LogP contribution in [0.1, 0.15) is 6.92 Å². The van der Waals surface area contributed by atoms with E-state index in [-0.39, 0.29) is 5.75 Å². The third-order valence-electron chi connectivity index (χ3n) is 2.31. The van der Waals surface area contributed by atoms with Gasteiger partial charge in [-0.05, 0) is 19.1 Å². The molecule has 0 spiro atoms. The average molecular weight is 203 g/mol. The second-order valence-electron chi connectivity index (χ2n) is 3.38. The van der Waals surface area contributed by atoms with Crippen molar-refractivity contribution in [2.24, 2.45) is 9.98 Å². The summed E-state index contributed by atoms with van der Waals surface area (Å²) >= 11 is 0. The van der Waals surface area contributed by atoms with Gasteiger partial charge in [0.2, 0.25) is 0 Å². The molecule has 1 aliphatic heterocycles. The van der Waals surface area contributed by atoms with Crippen LogP contribution in [-0.4, -0.2) is 35.3 Å². The van der Waals surface area contributed by atoms with Gasteiger partial charge in [0.25, 0.3) is 0 Å². The molecule has 78 valence electrons. The Morgan fingerprint density at radius 1 is 1.47 bits per heavy atom. The summed E-state index contributed by atoms with van der Waals surface area (Å²) in [5.74, 6) is 1.07. The second-order valence-corrected chi connectivity index (χ2v) is 3.38. The van der Waals surface area contributed by atoms with E-state index in [0.717, 1.165) is 12.4 Å². The molecule has 0 aliphatic carbocycles. The van der Waals surface area contributed by atoms with E-state index in [1.807, 2.05) is 24.1 Å². The van der Waals surface area contributed by atoms with E-state index in [2.05, 4.69) is 9.98 Å². The summed E-state index contributed by atoms with van der Waals surface area (Å²) in [6.45, 7) is 3.37. The number of aliphatic imine (C=N–C) groups is 2. The third kappa shape index (κ3) is 2.15. The third-order valence-corrected chi connectivity index (χ3v) is 2.31. The highest BCUT2D eigenvalue weighted by Crippen LogP contribution is 2.25. The van der Waals surface area contributed by atoms with E-state index < -0.39 is 0 Å². The molecule has 1 aliphatic rings. The first-order chi connectivity index (χ1) is 7.27. The van der Waals surface area contributed by atoms with Crippen molar-refractivity contribution in [1.82, 2.24) is 4.90 Å². The topological polar surface area (TPSA) is 48.2 Å². The molecule has 0 radical (unpaired) electrons. The molecule has 0 unspecified atom stereocenters. The first kappa shape index (κ1) is 9.71.